The number of nitrogens with two attached hydrogens (primary N) is 1. The van der Waals surface area contributed by atoms with Crippen LogP contribution in [0.1, 0.15) is 57.1 Å². The predicted molar refractivity (Wildman–Crippen MR) is 115 cm³/mol. The summed E-state index contributed by atoms with van der Waals surface area (Å²) in [6.45, 7) is 7.66. The Kier molecular flexibility index (Phi) is 8.52. The average Bonchev–Trinajstić information content (AvgIpc) is 2.67. The molecule has 0 fully saturated rings. The van der Waals surface area contributed by atoms with Crippen molar-refractivity contribution >= 4 is 6.09 Å². The zero-order chi connectivity index (χ0) is 20.4. The van der Waals surface area contributed by atoms with E-state index in [0.29, 0.717) is 19.6 Å². The molecule has 1 amide bonds. The van der Waals surface area contributed by atoms with E-state index in [0.717, 1.165) is 19.3 Å². The highest BCUT2D eigenvalue weighted by Crippen LogP contribution is 2.28. The fraction of sp³-hybridized carbons (Fsp3) is 0.458. The molecule has 0 aliphatic heterocycles. The molecule has 0 atom stereocenters. The summed E-state index contributed by atoms with van der Waals surface area (Å²) >= 11 is 0. The van der Waals surface area contributed by atoms with E-state index in [1.807, 2.05) is 37.8 Å². The predicted octanol–water partition coefficient (Wildman–Crippen LogP) is 5.18. The minimum absolute atomic E-state index is 0.238. The summed E-state index contributed by atoms with van der Waals surface area (Å²) in [6.07, 6.45) is 2.39. The molecule has 0 aliphatic carbocycles. The molecule has 0 saturated carbocycles. The number of hydrogen-bond donors (Lipinski definition) is 1. The zero-order valence-electron chi connectivity index (χ0n) is 17.4. The highest BCUT2D eigenvalue weighted by atomic mass is 16.6. The van der Waals surface area contributed by atoms with E-state index in [1.165, 1.54) is 11.1 Å². The first-order valence-electron chi connectivity index (χ1n) is 10.2. The van der Waals surface area contributed by atoms with Gasteiger partial charge in [0, 0.05) is 19.0 Å². The summed E-state index contributed by atoms with van der Waals surface area (Å²) in [5, 5.41) is 0. The normalized spacial score (nSPS) is 11.5. The standard InChI is InChI=1S/C24H34N2O2/c1-24(2,3)28-23(27)26(18-11-10-17-25)19-16-22(20-12-6-4-7-13-20)21-14-8-5-9-15-21/h4-9,12-15,22H,10-11,16-19,25H2,1-3H3. The van der Waals surface area contributed by atoms with Crippen LogP contribution in [0.2, 0.25) is 0 Å². The van der Waals surface area contributed by atoms with Gasteiger partial charge in [-0.05, 0) is 57.7 Å². The Labute approximate surface area is 169 Å². The minimum Gasteiger partial charge on any atom is -0.444 e. The van der Waals surface area contributed by atoms with Crippen molar-refractivity contribution in [1.29, 1.82) is 0 Å². The number of unbranched alkanes of at least 4 members (excludes halogenated alkanes) is 1. The van der Waals surface area contributed by atoms with Crippen LogP contribution in [0.15, 0.2) is 60.7 Å². The number of amides is 1. The smallest absolute Gasteiger partial charge is 0.410 e. The van der Waals surface area contributed by atoms with E-state index in [-0.39, 0.29) is 12.0 Å². The Morgan fingerprint density at radius 3 is 1.93 bits per heavy atom. The first-order chi connectivity index (χ1) is 13.4. The van der Waals surface area contributed by atoms with Gasteiger partial charge in [-0.25, -0.2) is 4.79 Å². The third-order valence-corrected chi connectivity index (χ3v) is 4.63. The monoisotopic (exact) mass is 382 g/mol. The SMILES string of the molecule is CC(C)(C)OC(=O)N(CCCCN)CCC(c1ccccc1)c1ccccc1. The highest BCUT2D eigenvalue weighted by molar-refractivity contribution is 5.68. The van der Waals surface area contributed by atoms with Crippen LogP contribution in [0.4, 0.5) is 4.79 Å². The van der Waals surface area contributed by atoms with Crippen molar-refractivity contribution in [3.05, 3.63) is 71.8 Å². The summed E-state index contributed by atoms with van der Waals surface area (Å²) in [5.74, 6) is 0.238. The lowest BCUT2D eigenvalue weighted by molar-refractivity contribution is 0.0243. The van der Waals surface area contributed by atoms with Gasteiger partial charge in [0.1, 0.15) is 5.60 Å². The maximum Gasteiger partial charge on any atom is 0.410 e. The molecule has 0 saturated heterocycles. The Morgan fingerprint density at radius 2 is 1.46 bits per heavy atom. The van der Waals surface area contributed by atoms with Gasteiger partial charge in [-0.15, -0.1) is 0 Å². The van der Waals surface area contributed by atoms with Crippen LogP contribution in [0, 0.1) is 0 Å². The summed E-state index contributed by atoms with van der Waals surface area (Å²) in [4.78, 5) is 14.5. The lowest BCUT2D eigenvalue weighted by Gasteiger charge is -2.29. The van der Waals surface area contributed by atoms with Crippen molar-refractivity contribution in [1.82, 2.24) is 4.90 Å². The van der Waals surface area contributed by atoms with E-state index >= 15 is 0 Å². The van der Waals surface area contributed by atoms with Gasteiger partial charge in [0.2, 0.25) is 0 Å². The Hall–Kier alpha value is -2.33. The molecule has 152 valence electrons. The van der Waals surface area contributed by atoms with Crippen molar-refractivity contribution in [2.24, 2.45) is 5.73 Å². The summed E-state index contributed by atoms with van der Waals surface area (Å²) < 4.78 is 5.63. The second kappa shape index (κ2) is 10.9. The molecule has 28 heavy (non-hydrogen) atoms. The molecule has 0 spiro atoms. The molecule has 0 radical (unpaired) electrons. The van der Waals surface area contributed by atoms with Crippen LogP contribution in [0.25, 0.3) is 0 Å². The summed E-state index contributed by atoms with van der Waals surface area (Å²) in [5.41, 5.74) is 7.66. The van der Waals surface area contributed by atoms with Crippen molar-refractivity contribution in [2.45, 2.75) is 51.6 Å². The maximum absolute atomic E-state index is 12.7. The van der Waals surface area contributed by atoms with Crippen LogP contribution in [-0.4, -0.2) is 36.2 Å². The van der Waals surface area contributed by atoms with Crippen LogP contribution in [0.5, 0.6) is 0 Å². The molecular formula is C24H34N2O2. The Morgan fingerprint density at radius 1 is 0.929 bits per heavy atom. The number of carbonyl (C=O) groups is 1. The number of hydrogen-bond acceptors (Lipinski definition) is 3. The largest absolute Gasteiger partial charge is 0.444 e. The fourth-order valence-corrected chi connectivity index (χ4v) is 3.25. The average molecular weight is 383 g/mol. The number of nitrogens with zero attached hydrogens (tertiary/aromatic N) is 1. The van der Waals surface area contributed by atoms with Gasteiger partial charge in [-0.1, -0.05) is 60.7 Å². The minimum atomic E-state index is -0.499. The van der Waals surface area contributed by atoms with Gasteiger partial charge in [-0.3, -0.25) is 0 Å². The molecule has 0 aliphatic rings. The van der Waals surface area contributed by atoms with Gasteiger partial charge >= 0.3 is 6.09 Å². The summed E-state index contributed by atoms with van der Waals surface area (Å²) in [7, 11) is 0. The highest BCUT2D eigenvalue weighted by Gasteiger charge is 2.23. The van der Waals surface area contributed by atoms with E-state index < -0.39 is 5.60 Å². The van der Waals surface area contributed by atoms with Crippen LogP contribution < -0.4 is 5.73 Å². The maximum atomic E-state index is 12.7. The number of carbonyl (C=O) groups excluding carboxylic acids is 1. The van der Waals surface area contributed by atoms with Crippen molar-refractivity contribution in [3.63, 3.8) is 0 Å². The molecule has 2 N–H and O–H groups in total. The van der Waals surface area contributed by atoms with Crippen LogP contribution in [-0.2, 0) is 4.74 Å². The lowest BCUT2D eigenvalue weighted by atomic mass is 9.88. The topological polar surface area (TPSA) is 55.6 Å². The number of rotatable bonds is 9. The molecule has 0 aromatic heterocycles. The van der Waals surface area contributed by atoms with Crippen molar-refractivity contribution in [2.75, 3.05) is 19.6 Å². The van der Waals surface area contributed by atoms with Crippen LogP contribution >= 0.6 is 0 Å². The molecule has 4 heteroatoms. The first-order valence-corrected chi connectivity index (χ1v) is 10.2. The van der Waals surface area contributed by atoms with E-state index in [1.54, 1.807) is 0 Å². The number of benzene rings is 2. The molecule has 2 rings (SSSR count). The third kappa shape index (κ3) is 7.35. The first kappa shape index (κ1) is 22.0. The molecular weight excluding hydrogens is 348 g/mol. The van der Waals surface area contributed by atoms with Crippen molar-refractivity contribution in [3.8, 4) is 0 Å². The molecule has 0 bridgehead atoms. The molecule has 2 aromatic rings. The lowest BCUT2D eigenvalue weighted by Crippen LogP contribution is -2.38. The van der Waals surface area contributed by atoms with Gasteiger partial charge in [-0.2, -0.15) is 0 Å². The Bertz CT molecular complexity index is 656. The molecule has 0 heterocycles. The fourth-order valence-electron chi connectivity index (χ4n) is 3.25. The molecule has 0 unspecified atom stereocenters. The Balaban J connectivity index is 2.14. The van der Waals surface area contributed by atoms with Crippen molar-refractivity contribution < 1.29 is 9.53 Å². The third-order valence-electron chi connectivity index (χ3n) is 4.63. The van der Waals surface area contributed by atoms with Crippen LogP contribution in [0.3, 0.4) is 0 Å². The second-order valence-electron chi connectivity index (χ2n) is 8.13. The number of ether oxygens (including phenoxy) is 1. The molecule has 4 nitrogen and oxygen atoms in total. The van der Waals surface area contributed by atoms with E-state index in [9.17, 15) is 4.79 Å². The van der Waals surface area contributed by atoms with E-state index in [4.69, 9.17) is 10.5 Å². The van der Waals surface area contributed by atoms with E-state index in [2.05, 4.69) is 48.5 Å². The zero-order valence-corrected chi connectivity index (χ0v) is 17.4. The quantitative estimate of drug-likeness (QED) is 0.608. The molecule has 2 aromatic carbocycles. The van der Waals surface area contributed by atoms with Gasteiger partial charge in [0.05, 0.1) is 0 Å². The van der Waals surface area contributed by atoms with Gasteiger partial charge < -0.3 is 15.4 Å². The second-order valence-corrected chi connectivity index (χ2v) is 8.13. The summed E-state index contributed by atoms with van der Waals surface area (Å²) in [6, 6.07) is 21.0. The van der Waals surface area contributed by atoms with Gasteiger partial charge in [0.25, 0.3) is 0 Å². The van der Waals surface area contributed by atoms with Gasteiger partial charge in [0.15, 0.2) is 0 Å².